The van der Waals surface area contributed by atoms with E-state index in [1.807, 2.05) is 0 Å². The molecule has 1 aromatic heterocycles. The van der Waals surface area contributed by atoms with Crippen molar-refractivity contribution in [3.8, 4) is 0 Å². The van der Waals surface area contributed by atoms with Crippen LogP contribution in [0.25, 0.3) is 0 Å². The molecular formula is C5H5N3O2. The molecule has 0 bridgehead atoms. The van der Waals surface area contributed by atoms with Gasteiger partial charge in [0.15, 0.2) is 12.2 Å². The number of aromatic nitrogens is 2. The number of carbonyl (C=O) groups excluding carboxylic acids is 1. The first kappa shape index (κ1) is 6.47. The van der Waals surface area contributed by atoms with Gasteiger partial charge in [0.2, 0.25) is 0 Å². The third-order valence-corrected chi connectivity index (χ3v) is 0.973. The average Bonchev–Trinajstić information content (AvgIpc) is 1.88. The van der Waals surface area contributed by atoms with Crippen LogP contribution in [0.15, 0.2) is 11.0 Å². The van der Waals surface area contributed by atoms with Crippen LogP contribution in [0.1, 0.15) is 10.4 Å². The summed E-state index contributed by atoms with van der Waals surface area (Å²) in [5.41, 5.74) is 4.57. The van der Waals surface area contributed by atoms with Gasteiger partial charge >= 0.3 is 0 Å². The lowest BCUT2D eigenvalue weighted by Crippen LogP contribution is -2.14. The number of nitrogens with one attached hydrogen (secondary N) is 1. The molecule has 52 valence electrons. The van der Waals surface area contributed by atoms with Crippen molar-refractivity contribution in [2.45, 2.75) is 0 Å². The number of anilines is 1. The van der Waals surface area contributed by atoms with Crippen LogP contribution in [0.2, 0.25) is 0 Å². The number of carbonyl (C=O) groups is 1. The highest BCUT2D eigenvalue weighted by Crippen LogP contribution is 1.84. The first-order valence-electron chi connectivity index (χ1n) is 2.54. The van der Waals surface area contributed by atoms with E-state index in [4.69, 9.17) is 5.73 Å². The summed E-state index contributed by atoms with van der Waals surface area (Å²) in [5.74, 6) is 0.00981. The average molecular weight is 139 g/mol. The van der Waals surface area contributed by atoms with Gasteiger partial charge in [0, 0.05) is 6.20 Å². The number of rotatable bonds is 1. The van der Waals surface area contributed by atoms with E-state index in [2.05, 4.69) is 9.97 Å². The quantitative estimate of drug-likeness (QED) is 0.496. The standard InChI is InChI=1S/C5H5N3O2/c6-5-7-1-3(2-9)4(10)8-5/h1-2H,(H3,6,7,8,10). The van der Waals surface area contributed by atoms with Crippen LogP contribution in [0.5, 0.6) is 0 Å². The van der Waals surface area contributed by atoms with E-state index in [9.17, 15) is 9.59 Å². The number of nitrogen functional groups attached to an aromatic ring is 1. The Hall–Kier alpha value is -1.65. The number of hydrogen-bond acceptors (Lipinski definition) is 4. The second kappa shape index (κ2) is 2.30. The third kappa shape index (κ3) is 1.02. The molecule has 0 aliphatic carbocycles. The molecule has 0 unspecified atom stereocenters. The predicted octanol–water partition coefficient (Wildman–Crippen LogP) is -0.835. The predicted molar refractivity (Wildman–Crippen MR) is 34.7 cm³/mol. The number of H-pyrrole nitrogens is 1. The Labute approximate surface area is 55.9 Å². The molecule has 1 aromatic rings. The zero-order valence-corrected chi connectivity index (χ0v) is 5.00. The first-order chi connectivity index (χ1) is 4.74. The molecule has 10 heavy (non-hydrogen) atoms. The Balaban J connectivity index is 3.33. The molecule has 0 amide bonds. The van der Waals surface area contributed by atoms with Crippen LogP contribution >= 0.6 is 0 Å². The summed E-state index contributed by atoms with van der Waals surface area (Å²) in [5, 5.41) is 0. The largest absolute Gasteiger partial charge is 0.369 e. The maximum atomic E-state index is 10.7. The van der Waals surface area contributed by atoms with Gasteiger partial charge < -0.3 is 5.73 Å². The third-order valence-electron chi connectivity index (χ3n) is 0.973. The van der Waals surface area contributed by atoms with Crippen molar-refractivity contribution in [1.29, 1.82) is 0 Å². The van der Waals surface area contributed by atoms with Crippen molar-refractivity contribution in [3.05, 3.63) is 22.1 Å². The molecule has 0 fully saturated rings. The van der Waals surface area contributed by atoms with Crippen molar-refractivity contribution in [2.75, 3.05) is 5.73 Å². The molecule has 0 saturated heterocycles. The van der Waals surface area contributed by atoms with Crippen LogP contribution in [0.4, 0.5) is 5.95 Å². The topological polar surface area (TPSA) is 88.8 Å². The monoisotopic (exact) mass is 139 g/mol. The molecule has 0 aliphatic heterocycles. The SMILES string of the molecule is Nc1ncc(C=O)c(=O)[nH]1. The van der Waals surface area contributed by atoms with Crippen LogP contribution < -0.4 is 11.3 Å². The van der Waals surface area contributed by atoms with Crippen LogP contribution in [0.3, 0.4) is 0 Å². The van der Waals surface area contributed by atoms with Crippen LogP contribution in [-0.4, -0.2) is 16.3 Å². The summed E-state index contributed by atoms with van der Waals surface area (Å²) in [7, 11) is 0. The molecule has 5 nitrogen and oxygen atoms in total. The fourth-order valence-corrected chi connectivity index (χ4v) is 0.502. The molecule has 1 rings (SSSR count). The minimum atomic E-state index is -0.512. The second-order valence-corrected chi connectivity index (χ2v) is 1.67. The molecule has 0 atom stereocenters. The fourth-order valence-electron chi connectivity index (χ4n) is 0.502. The Bertz CT molecular complexity index is 304. The molecule has 0 aromatic carbocycles. The van der Waals surface area contributed by atoms with Crippen molar-refractivity contribution in [3.63, 3.8) is 0 Å². The Morgan fingerprint density at radius 1 is 1.70 bits per heavy atom. The molecule has 0 saturated carbocycles. The highest BCUT2D eigenvalue weighted by molar-refractivity contribution is 5.73. The maximum Gasteiger partial charge on any atom is 0.262 e. The minimum absolute atomic E-state index is 0.00981. The van der Waals surface area contributed by atoms with Crippen molar-refractivity contribution < 1.29 is 4.79 Å². The van der Waals surface area contributed by atoms with E-state index >= 15 is 0 Å². The van der Waals surface area contributed by atoms with Crippen molar-refractivity contribution in [2.24, 2.45) is 0 Å². The van der Waals surface area contributed by atoms with Gasteiger partial charge in [0.25, 0.3) is 5.56 Å². The molecule has 1 heterocycles. The van der Waals surface area contributed by atoms with Gasteiger partial charge in [-0.2, -0.15) is 0 Å². The molecule has 0 spiro atoms. The highest BCUT2D eigenvalue weighted by atomic mass is 16.1. The summed E-state index contributed by atoms with van der Waals surface area (Å²) in [4.78, 5) is 26.4. The van der Waals surface area contributed by atoms with Gasteiger partial charge in [0.05, 0.1) is 5.56 Å². The van der Waals surface area contributed by atoms with E-state index in [0.717, 1.165) is 6.20 Å². The number of nitrogens with zero attached hydrogens (tertiary/aromatic N) is 1. The molecule has 0 aliphatic rings. The van der Waals surface area contributed by atoms with E-state index < -0.39 is 5.56 Å². The summed E-state index contributed by atoms with van der Waals surface area (Å²) >= 11 is 0. The number of aldehydes is 1. The van der Waals surface area contributed by atoms with E-state index in [-0.39, 0.29) is 11.5 Å². The van der Waals surface area contributed by atoms with Gasteiger partial charge in [-0.15, -0.1) is 0 Å². The van der Waals surface area contributed by atoms with E-state index in [1.165, 1.54) is 0 Å². The number of nitrogens with two attached hydrogens (primary N) is 1. The van der Waals surface area contributed by atoms with E-state index in [0.29, 0.717) is 6.29 Å². The van der Waals surface area contributed by atoms with Gasteiger partial charge in [-0.3, -0.25) is 14.6 Å². The minimum Gasteiger partial charge on any atom is -0.369 e. The smallest absolute Gasteiger partial charge is 0.262 e. The number of hydrogen-bond donors (Lipinski definition) is 2. The Morgan fingerprint density at radius 2 is 2.40 bits per heavy atom. The lowest BCUT2D eigenvalue weighted by molar-refractivity contribution is 0.112. The Morgan fingerprint density at radius 3 is 2.90 bits per heavy atom. The van der Waals surface area contributed by atoms with Crippen molar-refractivity contribution in [1.82, 2.24) is 9.97 Å². The van der Waals surface area contributed by atoms with Gasteiger partial charge in [-0.1, -0.05) is 0 Å². The highest BCUT2D eigenvalue weighted by Gasteiger charge is 1.96. The molecule has 5 heteroatoms. The van der Waals surface area contributed by atoms with Crippen molar-refractivity contribution >= 4 is 12.2 Å². The number of aromatic amines is 1. The zero-order chi connectivity index (χ0) is 7.56. The van der Waals surface area contributed by atoms with E-state index in [1.54, 1.807) is 0 Å². The zero-order valence-electron chi connectivity index (χ0n) is 5.00. The second-order valence-electron chi connectivity index (χ2n) is 1.67. The Kier molecular flexibility index (Phi) is 1.49. The summed E-state index contributed by atoms with van der Waals surface area (Å²) in [6.45, 7) is 0. The molecular weight excluding hydrogens is 134 g/mol. The van der Waals surface area contributed by atoms with Gasteiger partial charge in [-0.05, 0) is 0 Å². The van der Waals surface area contributed by atoms with Crippen LogP contribution in [0, 0.1) is 0 Å². The summed E-state index contributed by atoms with van der Waals surface area (Å²) in [6, 6.07) is 0. The lowest BCUT2D eigenvalue weighted by Gasteiger charge is -1.89. The maximum absolute atomic E-state index is 10.7. The fraction of sp³-hybridized carbons (Fsp3) is 0. The molecule has 0 radical (unpaired) electrons. The van der Waals surface area contributed by atoms with Gasteiger partial charge in [-0.25, -0.2) is 4.98 Å². The normalized spacial score (nSPS) is 9.20. The lowest BCUT2D eigenvalue weighted by atomic mass is 10.4. The van der Waals surface area contributed by atoms with Gasteiger partial charge in [0.1, 0.15) is 0 Å². The summed E-state index contributed by atoms with van der Waals surface area (Å²) in [6.07, 6.45) is 1.55. The first-order valence-corrected chi connectivity index (χ1v) is 2.54. The summed E-state index contributed by atoms with van der Waals surface area (Å²) < 4.78 is 0. The van der Waals surface area contributed by atoms with Crippen LogP contribution in [-0.2, 0) is 0 Å². The molecule has 3 N–H and O–H groups in total.